The number of aromatic hydroxyl groups is 1. The number of rotatable bonds is 6. The molecule has 1 aliphatic heterocycles. The number of phenols is 1. The largest absolute Gasteiger partial charge is 0.504 e. The zero-order chi connectivity index (χ0) is 16.7. The van der Waals surface area contributed by atoms with E-state index in [1.54, 1.807) is 13.2 Å². The Kier molecular flexibility index (Phi) is 6.52. The van der Waals surface area contributed by atoms with Gasteiger partial charge in [0.25, 0.3) is 0 Å². The SMILES string of the molecule is CCNC(=NCc1cccc(OC)c1O)N(C)CC1CCOC1. The van der Waals surface area contributed by atoms with E-state index < -0.39 is 0 Å². The molecule has 1 aromatic carbocycles. The standard InChI is InChI=1S/C17H27N3O3/c1-4-18-17(20(2)11-13-8-9-23-12-13)19-10-14-6-5-7-15(22-3)16(14)21/h5-7,13,21H,4,8-12H2,1-3H3,(H,18,19). The number of hydrogen-bond donors (Lipinski definition) is 2. The van der Waals surface area contributed by atoms with Crippen molar-refractivity contribution in [3.05, 3.63) is 23.8 Å². The fraction of sp³-hybridized carbons (Fsp3) is 0.588. The molecule has 0 radical (unpaired) electrons. The van der Waals surface area contributed by atoms with Crippen molar-refractivity contribution < 1.29 is 14.6 Å². The van der Waals surface area contributed by atoms with Gasteiger partial charge in [0.05, 0.1) is 20.3 Å². The second kappa shape index (κ2) is 8.62. The van der Waals surface area contributed by atoms with Crippen LogP contribution in [0.2, 0.25) is 0 Å². The minimum atomic E-state index is 0.154. The van der Waals surface area contributed by atoms with Gasteiger partial charge in [-0.25, -0.2) is 4.99 Å². The summed E-state index contributed by atoms with van der Waals surface area (Å²) in [6, 6.07) is 5.45. The van der Waals surface area contributed by atoms with Gasteiger partial charge in [0.15, 0.2) is 17.5 Å². The molecular weight excluding hydrogens is 294 g/mol. The second-order valence-corrected chi connectivity index (χ2v) is 5.75. The molecule has 0 saturated carbocycles. The lowest BCUT2D eigenvalue weighted by Gasteiger charge is -2.24. The third kappa shape index (κ3) is 4.76. The van der Waals surface area contributed by atoms with Crippen molar-refractivity contribution in [1.29, 1.82) is 0 Å². The van der Waals surface area contributed by atoms with E-state index in [4.69, 9.17) is 9.47 Å². The van der Waals surface area contributed by atoms with E-state index in [1.807, 2.05) is 26.1 Å². The lowest BCUT2D eigenvalue weighted by molar-refractivity contribution is 0.181. The predicted molar refractivity (Wildman–Crippen MR) is 91.0 cm³/mol. The molecular formula is C17H27N3O3. The first kappa shape index (κ1) is 17.4. The van der Waals surface area contributed by atoms with Gasteiger partial charge in [-0.2, -0.15) is 0 Å². The highest BCUT2D eigenvalue weighted by atomic mass is 16.5. The molecule has 1 atom stereocenters. The summed E-state index contributed by atoms with van der Waals surface area (Å²) >= 11 is 0. The molecule has 23 heavy (non-hydrogen) atoms. The van der Waals surface area contributed by atoms with Gasteiger partial charge < -0.3 is 24.8 Å². The number of ether oxygens (including phenoxy) is 2. The molecule has 1 heterocycles. The highest BCUT2D eigenvalue weighted by Crippen LogP contribution is 2.29. The van der Waals surface area contributed by atoms with E-state index >= 15 is 0 Å². The van der Waals surface area contributed by atoms with Crippen LogP contribution in [0.25, 0.3) is 0 Å². The van der Waals surface area contributed by atoms with Gasteiger partial charge in [0.2, 0.25) is 0 Å². The van der Waals surface area contributed by atoms with E-state index in [0.717, 1.165) is 44.2 Å². The number of benzene rings is 1. The maximum Gasteiger partial charge on any atom is 0.193 e. The van der Waals surface area contributed by atoms with Crippen molar-refractivity contribution in [2.45, 2.75) is 19.9 Å². The van der Waals surface area contributed by atoms with Gasteiger partial charge in [-0.15, -0.1) is 0 Å². The molecule has 6 heteroatoms. The second-order valence-electron chi connectivity index (χ2n) is 5.75. The van der Waals surface area contributed by atoms with Crippen LogP contribution >= 0.6 is 0 Å². The zero-order valence-electron chi connectivity index (χ0n) is 14.2. The fourth-order valence-electron chi connectivity index (χ4n) is 2.69. The van der Waals surface area contributed by atoms with Gasteiger partial charge in [-0.1, -0.05) is 12.1 Å². The van der Waals surface area contributed by atoms with Crippen LogP contribution in [0, 0.1) is 5.92 Å². The van der Waals surface area contributed by atoms with Gasteiger partial charge in [0, 0.05) is 38.2 Å². The van der Waals surface area contributed by atoms with Crippen molar-refractivity contribution in [2.24, 2.45) is 10.9 Å². The molecule has 1 aliphatic rings. The molecule has 0 spiro atoms. The number of guanidine groups is 1. The average molecular weight is 321 g/mol. The van der Waals surface area contributed by atoms with Crippen LogP contribution in [0.3, 0.4) is 0 Å². The third-order valence-corrected chi connectivity index (χ3v) is 3.95. The van der Waals surface area contributed by atoms with Crippen LogP contribution in [-0.4, -0.2) is 56.4 Å². The molecule has 6 nitrogen and oxygen atoms in total. The Balaban J connectivity index is 2.05. The van der Waals surface area contributed by atoms with E-state index in [0.29, 0.717) is 18.2 Å². The van der Waals surface area contributed by atoms with E-state index in [-0.39, 0.29) is 5.75 Å². The van der Waals surface area contributed by atoms with E-state index in [2.05, 4.69) is 15.2 Å². The van der Waals surface area contributed by atoms with Crippen molar-refractivity contribution in [2.75, 3.05) is 40.5 Å². The summed E-state index contributed by atoms with van der Waals surface area (Å²) in [6.45, 7) is 5.83. The normalized spacial score (nSPS) is 18.0. The maximum absolute atomic E-state index is 10.2. The first-order valence-corrected chi connectivity index (χ1v) is 8.07. The first-order chi connectivity index (χ1) is 11.2. The number of hydrogen-bond acceptors (Lipinski definition) is 4. The topological polar surface area (TPSA) is 66.3 Å². The Morgan fingerprint density at radius 3 is 3.00 bits per heavy atom. The van der Waals surface area contributed by atoms with Crippen LogP contribution in [0.15, 0.2) is 23.2 Å². The third-order valence-electron chi connectivity index (χ3n) is 3.95. The minimum Gasteiger partial charge on any atom is -0.504 e. The molecule has 0 aromatic heterocycles. The zero-order valence-corrected chi connectivity index (χ0v) is 14.2. The van der Waals surface area contributed by atoms with Crippen LogP contribution < -0.4 is 10.1 Å². The molecule has 1 aromatic rings. The van der Waals surface area contributed by atoms with Crippen LogP contribution in [-0.2, 0) is 11.3 Å². The molecule has 1 unspecified atom stereocenters. The van der Waals surface area contributed by atoms with Crippen LogP contribution in [0.5, 0.6) is 11.5 Å². The molecule has 1 fully saturated rings. The number of para-hydroxylation sites is 1. The van der Waals surface area contributed by atoms with Gasteiger partial charge >= 0.3 is 0 Å². The highest BCUT2D eigenvalue weighted by Gasteiger charge is 2.19. The average Bonchev–Trinajstić information content (AvgIpc) is 3.05. The molecule has 128 valence electrons. The molecule has 0 aliphatic carbocycles. The molecule has 0 bridgehead atoms. The number of aliphatic imine (C=N–C) groups is 1. The van der Waals surface area contributed by atoms with Gasteiger partial charge in [-0.3, -0.25) is 0 Å². The number of phenolic OH excluding ortho intramolecular Hbond substituents is 1. The summed E-state index contributed by atoms with van der Waals surface area (Å²) in [7, 11) is 3.58. The Bertz CT molecular complexity index is 528. The van der Waals surface area contributed by atoms with Crippen molar-refractivity contribution in [3.63, 3.8) is 0 Å². The van der Waals surface area contributed by atoms with Crippen molar-refractivity contribution in [1.82, 2.24) is 10.2 Å². The van der Waals surface area contributed by atoms with Crippen molar-refractivity contribution in [3.8, 4) is 11.5 Å². The summed E-state index contributed by atoms with van der Waals surface area (Å²) in [5.74, 6) is 2.01. The Morgan fingerprint density at radius 1 is 1.52 bits per heavy atom. The number of nitrogens with zero attached hydrogens (tertiary/aromatic N) is 2. The lowest BCUT2D eigenvalue weighted by atomic mass is 10.1. The monoisotopic (exact) mass is 321 g/mol. The fourth-order valence-corrected chi connectivity index (χ4v) is 2.69. The highest BCUT2D eigenvalue weighted by molar-refractivity contribution is 5.79. The Hall–Kier alpha value is -1.95. The molecule has 1 saturated heterocycles. The summed E-state index contributed by atoms with van der Waals surface area (Å²) < 4.78 is 10.6. The van der Waals surface area contributed by atoms with Gasteiger partial charge in [-0.05, 0) is 19.4 Å². The van der Waals surface area contributed by atoms with E-state index in [1.165, 1.54) is 0 Å². The first-order valence-electron chi connectivity index (χ1n) is 8.07. The molecule has 2 N–H and O–H groups in total. The Morgan fingerprint density at radius 2 is 2.35 bits per heavy atom. The summed E-state index contributed by atoms with van der Waals surface area (Å²) in [5, 5.41) is 13.5. The Labute approximate surface area is 138 Å². The quantitative estimate of drug-likeness (QED) is 0.618. The number of methoxy groups -OCH3 is 1. The molecule has 0 amide bonds. The summed E-state index contributed by atoms with van der Waals surface area (Å²) in [5.41, 5.74) is 0.748. The maximum atomic E-state index is 10.2. The van der Waals surface area contributed by atoms with Crippen LogP contribution in [0.1, 0.15) is 18.9 Å². The predicted octanol–water partition coefficient (Wildman–Crippen LogP) is 1.83. The van der Waals surface area contributed by atoms with Crippen molar-refractivity contribution >= 4 is 5.96 Å². The summed E-state index contributed by atoms with van der Waals surface area (Å²) in [6.07, 6.45) is 1.10. The minimum absolute atomic E-state index is 0.154. The van der Waals surface area contributed by atoms with E-state index in [9.17, 15) is 5.11 Å². The number of nitrogens with one attached hydrogen (secondary N) is 1. The molecule has 2 rings (SSSR count). The smallest absolute Gasteiger partial charge is 0.193 e. The lowest BCUT2D eigenvalue weighted by Crippen LogP contribution is -2.41. The summed E-state index contributed by atoms with van der Waals surface area (Å²) in [4.78, 5) is 6.76. The van der Waals surface area contributed by atoms with Crippen LogP contribution in [0.4, 0.5) is 0 Å². The van der Waals surface area contributed by atoms with Gasteiger partial charge in [0.1, 0.15) is 0 Å².